The van der Waals surface area contributed by atoms with E-state index >= 15 is 0 Å². The Morgan fingerprint density at radius 2 is 1.26 bits per heavy atom. The van der Waals surface area contributed by atoms with Crippen LogP contribution in [0.4, 0.5) is 5.69 Å². The van der Waals surface area contributed by atoms with Crippen LogP contribution in [0.25, 0.3) is 0 Å². The van der Waals surface area contributed by atoms with Gasteiger partial charge in [-0.2, -0.15) is 0 Å². The second-order valence-corrected chi connectivity index (χ2v) is 6.75. The summed E-state index contributed by atoms with van der Waals surface area (Å²) in [5.74, 6) is -1.28. The minimum absolute atomic E-state index is 0.121. The first-order valence-electron chi connectivity index (χ1n) is 9.78. The molecule has 3 aromatic carbocycles. The van der Waals surface area contributed by atoms with Crippen LogP contribution in [0.15, 0.2) is 78.9 Å². The first-order chi connectivity index (χ1) is 15.0. The van der Waals surface area contributed by atoms with Crippen molar-refractivity contribution < 1.29 is 23.9 Å². The summed E-state index contributed by atoms with van der Waals surface area (Å²) in [6.45, 7) is 1.33. The van der Waals surface area contributed by atoms with Gasteiger partial charge in [-0.15, -0.1) is 0 Å². The lowest BCUT2D eigenvalue weighted by Gasteiger charge is -2.07. The third-order valence-corrected chi connectivity index (χ3v) is 4.56. The summed E-state index contributed by atoms with van der Waals surface area (Å²) >= 11 is 0. The molecule has 6 heteroatoms. The van der Waals surface area contributed by atoms with Gasteiger partial charge in [0.05, 0.1) is 5.56 Å². The fraction of sp³-hybridized carbons (Fsp3) is 0.120. The second kappa shape index (κ2) is 10.1. The lowest BCUT2D eigenvalue weighted by molar-refractivity contribution is -0.115. The highest BCUT2D eigenvalue weighted by molar-refractivity contribution is 6.09. The number of Topliss-reactive ketones (excluding diaryl/α,β-unsaturated/α-hetero) is 1. The maximum Gasteiger partial charge on any atom is 0.338 e. The first-order valence-corrected chi connectivity index (χ1v) is 9.78. The highest BCUT2D eigenvalue weighted by atomic mass is 16.5. The van der Waals surface area contributed by atoms with Gasteiger partial charge >= 0.3 is 5.97 Å². The van der Waals surface area contributed by atoms with Crippen LogP contribution in [0.3, 0.4) is 0 Å². The molecule has 3 rings (SSSR count). The number of amides is 1. The van der Waals surface area contributed by atoms with E-state index in [0.717, 1.165) is 0 Å². The molecule has 0 aromatic heterocycles. The van der Waals surface area contributed by atoms with E-state index in [-0.39, 0.29) is 23.0 Å². The van der Waals surface area contributed by atoms with Crippen LogP contribution in [-0.4, -0.2) is 30.0 Å². The molecule has 0 aliphatic rings. The Balaban J connectivity index is 1.56. The Morgan fingerprint density at radius 1 is 0.710 bits per heavy atom. The van der Waals surface area contributed by atoms with Crippen LogP contribution < -0.4 is 5.32 Å². The zero-order valence-electron chi connectivity index (χ0n) is 17.0. The number of hydrogen-bond acceptors (Lipinski definition) is 5. The molecule has 0 saturated carbocycles. The third kappa shape index (κ3) is 5.73. The Bertz CT molecular complexity index is 1090. The van der Waals surface area contributed by atoms with Crippen LogP contribution in [0.5, 0.6) is 0 Å². The van der Waals surface area contributed by atoms with E-state index < -0.39 is 12.6 Å². The summed E-state index contributed by atoms with van der Waals surface area (Å²) in [6, 6.07) is 21.3. The van der Waals surface area contributed by atoms with Gasteiger partial charge in [-0.1, -0.05) is 49.4 Å². The fourth-order valence-corrected chi connectivity index (χ4v) is 2.80. The quantitative estimate of drug-likeness (QED) is 0.437. The minimum atomic E-state index is -0.654. The number of benzene rings is 3. The Labute approximate surface area is 179 Å². The molecule has 0 spiro atoms. The lowest BCUT2D eigenvalue weighted by Crippen LogP contribution is -2.15. The van der Waals surface area contributed by atoms with Crippen molar-refractivity contribution in [2.24, 2.45) is 0 Å². The normalized spacial score (nSPS) is 10.2. The van der Waals surface area contributed by atoms with E-state index in [2.05, 4.69) is 5.32 Å². The number of ketones is 2. The van der Waals surface area contributed by atoms with E-state index in [1.807, 2.05) is 6.07 Å². The summed E-state index contributed by atoms with van der Waals surface area (Å²) in [6.07, 6.45) is 0.359. The topological polar surface area (TPSA) is 89.5 Å². The number of hydrogen-bond donors (Lipinski definition) is 1. The lowest BCUT2D eigenvalue weighted by atomic mass is 10.0. The van der Waals surface area contributed by atoms with Crippen molar-refractivity contribution in [2.45, 2.75) is 13.3 Å². The first kappa shape index (κ1) is 21.6. The van der Waals surface area contributed by atoms with Gasteiger partial charge in [0.2, 0.25) is 5.91 Å². The Kier molecular flexibility index (Phi) is 7.06. The van der Waals surface area contributed by atoms with Crippen LogP contribution >= 0.6 is 0 Å². The summed E-state index contributed by atoms with van der Waals surface area (Å²) in [5, 5.41) is 2.69. The van der Waals surface area contributed by atoms with E-state index in [0.29, 0.717) is 28.8 Å². The van der Waals surface area contributed by atoms with Gasteiger partial charge in [0.25, 0.3) is 0 Å². The van der Waals surface area contributed by atoms with Gasteiger partial charge in [0, 0.05) is 28.8 Å². The van der Waals surface area contributed by atoms with Crippen molar-refractivity contribution in [3.8, 4) is 0 Å². The molecule has 3 aromatic rings. The number of ether oxygens (including phenoxy) is 1. The zero-order chi connectivity index (χ0) is 22.2. The maximum atomic E-state index is 12.4. The monoisotopic (exact) mass is 415 g/mol. The van der Waals surface area contributed by atoms with Crippen LogP contribution in [0.1, 0.15) is 50.0 Å². The van der Waals surface area contributed by atoms with Gasteiger partial charge in [0.15, 0.2) is 18.2 Å². The largest absolute Gasteiger partial charge is 0.454 e. The zero-order valence-corrected chi connectivity index (χ0v) is 17.0. The standard InChI is InChI=1S/C25H21NO5/c1-2-23(28)26-21-14-12-17(13-15-21)22(27)16-31-25(30)20-10-8-19(9-11-20)24(29)18-6-4-3-5-7-18/h3-15H,2,16H2,1H3,(H,26,28). The molecule has 0 atom stereocenters. The average molecular weight is 415 g/mol. The SMILES string of the molecule is CCC(=O)Nc1ccc(C(=O)COC(=O)c2ccc(C(=O)c3ccccc3)cc2)cc1. The predicted octanol–water partition coefficient (Wildman–Crippen LogP) is 4.31. The molecule has 0 aliphatic carbocycles. The third-order valence-electron chi connectivity index (χ3n) is 4.56. The van der Waals surface area contributed by atoms with E-state index in [9.17, 15) is 19.2 Å². The van der Waals surface area contributed by atoms with Gasteiger partial charge in [0.1, 0.15) is 0 Å². The van der Waals surface area contributed by atoms with Crippen LogP contribution in [0.2, 0.25) is 0 Å². The maximum absolute atomic E-state index is 12.4. The molecule has 156 valence electrons. The van der Waals surface area contributed by atoms with Crippen molar-refractivity contribution in [1.82, 2.24) is 0 Å². The van der Waals surface area contributed by atoms with Crippen LogP contribution in [0, 0.1) is 0 Å². The molecule has 1 N–H and O–H groups in total. The van der Waals surface area contributed by atoms with Crippen molar-refractivity contribution >= 4 is 29.1 Å². The molecule has 0 unspecified atom stereocenters. The molecule has 0 saturated heterocycles. The minimum Gasteiger partial charge on any atom is -0.454 e. The smallest absolute Gasteiger partial charge is 0.338 e. The number of carbonyl (C=O) groups is 4. The number of carbonyl (C=O) groups excluding carboxylic acids is 4. The van der Waals surface area contributed by atoms with Crippen molar-refractivity contribution in [3.05, 3.63) is 101 Å². The summed E-state index contributed by atoms with van der Waals surface area (Å²) in [5.41, 5.74) is 2.21. The molecule has 6 nitrogen and oxygen atoms in total. The summed E-state index contributed by atoms with van der Waals surface area (Å²) < 4.78 is 5.10. The summed E-state index contributed by atoms with van der Waals surface area (Å²) in [4.78, 5) is 48.3. The molecule has 0 aliphatic heterocycles. The molecule has 0 heterocycles. The Morgan fingerprint density at radius 3 is 1.87 bits per heavy atom. The molecule has 31 heavy (non-hydrogen) atoms. The number of esters is 1. The van der Waals surface area contributed by atoms with Gasteiger partial charge in [-0.25, -0.2) is 4.79 Å². The van der Waals surface area contributed by atoms with E-state index in [4.69, 9.17) is 4.74 Å². The highest BCUT2D eigenvalue weighted by Crippen LogP contribution is 2.13. The fourth-order valence-electron chi connectivity index (χ4n) is 2.80. The number of anilines is 1. The molecule has 0 radical (unpaired) electrons. The van der Waals surface area contributed by atoms with E-state index in [1.165, 1.54) is 12.1 Å². The molecular weight excluding hydrogens is 394 g/mol. The molecular formula is C25H21NO5. The van der Waals surface area contributed by atoms with Gasteiger partial charge < -0.3 is 10.1 Å². The molecule has 0 bridgehead atoms. The Hall–Kier alpha value is -4.06. The average Bonchev–Trinajstić information content (AvgIpc) is 2.82. The summed E-state index contributed by atoms with van der Waals surface area (Å²) in [7, 11) is 0. The van der Waals surface area contributed by atoms with Crippen molar-refractivity contribution in [1.29, 1.82) is 0 Å². The van der Waals surface area contributed by atoms with Gasteiger partial charge in [-0.05, 0) is 36.4 Å². The van der Waals surface area contributed by atoms with Crippen molar-refractivity contribution in [2.75, 3.05) is 11.9 Å². The number of nitrogens with one attached hydrogen (secondary N) is 1. The highest BCUT2D eigenvalue weighted by Gasteiger charge is 2.14. The molecule has 0 fully saturated rings. The predicted molar refractivity (Wildman–Crippen MR) is 116 cm³/mol. The van der Waals surface area contributed by atoms with Crippen LogP contribution in [-0.2, 0) is 9.53 Å². The molecule has 1 amide bonds. The number of rotatable bonds is 8. The van der Waals surface area contributed by atoms with Crippen molar-refractivity contribution in [3.63, 3.8) is 0 Å². The van der Waals surface area contributed by atoms with E-state index in [1.54, 1.807) is 67.6 Å². The van der Waals surface area contributed by atoms with Gasteiger partial charge in [-0.3, -0.25) is 14.4 Å². The second-order valence-electron chi connectivity index (χ2n) is 6.75.